The van der Waals surface area contributed by atoms with Crippen molar-refractivity contribution in [2.45, 2.75) is 17.3 Å². The summed E-state index contributed by atoms with van der Waals surface area (Å²) in [6.07, 6.45) is 4.02. The van der Waals surface area contributed by atoms with E-state index in [9.17, 15) is 4.79 Å². The summed E-state index contributed by atoms with van der Waals surface area (Å²) in [5.41, 5.74) is 2.73. The van der Waals surface area contributed by atoms with Gasteiger partial charge in [-0.15, -0.1) is 5.10 Å². The molecular formula is C23H21ClN6O2S. The summed E-state index contributed by atoms with van der Waals surface area (Å²) in [4.78, 5) is 21.5. The van der Waals surface area contributed by atoms with E-state index in [1.165, 1.54) is 11.8 Å². The number of aromatic nitrogens is 5. The predicted molar refractivity (Wildman–Crippen MR) is 127 cm³/mol. The Labute approximate surface area is 200 Å². The molecule has 0 fully saturated rings. The molecule has 4 aromatic rings. The Bertz CT molecular complexity index is 1220. The van der Waals surface area contributed by atoms with Crippen LogP contribution in [0.1, 0.15) is 21.7 Å². The second-order valence-electron chi connectivity index (χ2n) is 6.95. The molecule has 0 aliphatic carbocycles. The lowest BCUT2D eigenvalue weighted by Crippen LogP contribution is -2.27. The highest BCUT2D eigenvalue weighted by molar-refractivity contribution is 7.98. The lowest BCUT2D eigenvalue weighted by Gasteiger charge is -2.09. The Morgan fingerprint density at radius 3 is 2.67 bits per heavy atom. The number of hydrogen-bond acceptors (Lipinski definition) is 7. The van der Waals surface area contributed by atoms with Crippen LogP contribution in [-0.2, 0) is 12.2 Å². The molecule has 2 aromatic heterocycles. The number of nitrogens with zero attached hydrogens (tertiary/aromatic N) is 5. The Hall–Kier alpha value is -3.43. The summed E-state index contributed by atoms with van der Waals surface area (Å²) >= 11 is 7.43. The summed E-state index contributed by atoms with van der Waals surface area (Å²) in [5.74, 6) is 0.910. The largest absolute Gasteiger partial charge is 0.497 e. The molecule has 0 aliphatic heterocycles. The fraction of sp³-hybridized carbons (Fsp3) is 0.174. The fourth-order valence-corrected chi connectivity index (χ4v) is 4.04. The SMILES string of the molecule is COc1cccc(CCNC(=O)c2nnn(-c3ccc(Cl)cc3)c2CSc2ncccn2)c1. The highest BCUT2D eigenvalue weighted by Crippen LogP contribution is 2.23. The van der Waals surface area contributed by atoms with Crippen molar-refractivity contribution in [1.29, 1.82) is 0 Å². The third kappa shape index (κ3) is 5.88. The number of nitrogens with one attached hydrogen (secondary N) is 1. The van der Waals surface area contributed by atoms with Gasteiger partial charge in [-0.2, -0.15) is 0 Å². The normalized spacial score (nSPS) is 10.7. The number of rotatable bonds is 9. The first-order valence-corrected chi connectivity index (χ1v) is 11.5. The molecule has 0 bridgehead atoms. The van der Waals surface area contributed by atoms with E-state index in [-0.39, 0.29) is 11.6 Å². The van der Waals surface area contributed by atoms with Gasteiger partial charge in [-0.05, 0) is 54.4 Å². The zero-order valence-corrected chi connectivity index (χ0v) is 19.4. The van der Waals surface area contributed by atoms with Crippen molar-refractivity contribution >= 4 is 29.3 Å². The molecular weight excluding hydrogens is 460 g/mol. The zero-order valence-electron chi connectivity index (χ0n) is 17.8. The standard InChI is InChI=1S/C23H21ClN6O2S/c1-32-19-5-2-4-16(14-19)10-13-25-22(31)21-20(15-33-23-26-11-3-12-27-23)30(29-28-21)18-8-6-17(24)7-9-18/h2-9,11-12,14H,10,13,15H2,1H3,(H,25,31). The van der Waals surface area contributed by atoms with Crippen LogP contribution in [0.3, 0.4) is 0 Å². The molecule has 10 heteroatoms. The molecule has 0 saturated heterocycles. The van der Waals surface area contributed by atoms with Crippen LogP contribution in [-0.4, -0.2) is 44.5 Å². The number of thioether (sulfide) groups is 1. The Morgan fingerprint density at radius 1 is 1.12 bits per heavy atom. The van der Waals surface area contributed by atoms with Gasteiger partial charge >= 0.3 is 0 Å². The Balaban J connectivity index is 1.51. The zero-order chi connectivity index (χ0) is 23.0. The van der Waals surface area contributed by atoms with Crippen LogP contribution >= 0.6 is 23.4 Å². The minimum atomic E-state index is -0.289. The smallest absolute Gasteiger partial charge is 0.273 e. The van der Waals surface area contributed by atoms with E-state index in [1.54, 1.807) is 42.4 Å². The van der Waals surface area contributed by atoms with Crippen molar-refractivity contribution < 1.29 is 9.53 Å². The number of amides is 1. The first kappa shape index (κ1) is 22.8. The fourth-order valence-electron chi connectivity index (χ4n) is 3.12. The molecule has 2 aromatic carbocycles. The maximum Gasteiger partial charge on any atom is 0.273 e. The summed E-state index contributed by atoms with van der Waals surface area (Å²) < 4.78 is 6.90. The molecule has 1 amide bonds. The number of ether oxygens (including phenoxy) is 1. The van der Waals surface area contributed by atoms with Gasteiger partial charge in [-0.1, -0.05) is 40.7 Å². The van der Waals surface area contributed by atoms with Gasteiger partial charge in [0.2, 0.25) is 0 Å². The molecule has 33 heavy (non-hydrogen) atoms. The second-order valence-corrected chi connectivity index (χ2v) is 8.33. The number of carbonyl (C=O) groups is 1. The average Bonchev–Trinajstić information content (AvgIpc) is 3.28. The van der Waals surface area contributed by atoms with Crippen molar-refractivity contribution in [3.05, 3.63) is 89.0 Å². The van der Waals surface area contributed by atoms with E-state index in [0.29, 0.717) is 34.6 Å². The average molecular weight is 481 g/mol. The van der Waals surface area contributed by atoms with Crippen LogP contribution < -0.4 is 10.1 Å². The summed E-state index contributed by atoms with van der Waals surface area (Å²) in [6, 6.07) is 16.7. The van der Waals surface area contributed by atoms with E-state index >= 15 is 0 Å². The molecule has 2 heterocycles. The third-order valence-electron chi connectivity index (χ3n) is 4.76. The first-order chi connectivity index (χ1) is 16.1. The van der Waals surface area contributed by atoms with Gasteiger partial charge < -0.3 is 10.1 Å². The number of hydrogen-bond donors (Lipinski definition) is 1. The maximum atomic E-state index is 13.0. The Kier molecular flexibility index (Phi) is 7.54. The van der Waals surface area contributed by atoms with Crippen LogP contribution in [0.5, 0.6) is 5.75 Å². The van der Waals surface area contributed by atoms with E-state index in [0.717, 1.165) is 17.0 Å². The highest BCUT2D eigenvalue weighted by Gasteiger charge is 2.21. The minimum Gasteiger partial charge on any atom is -0.497 e. The molecule has 0 atom stereocenters. The number of halogens is 1. The lowest BCUT2D eigenvalue weighted by atomic mass is 10.1. The third-order valence-corrected chi connectivity index (χ3v) is 5.90. The molecule has 0 aliphatic rings. The van der Waals surface area contributed by atoms with Gasteiger partial charge in [0.05, 0.1) is 18.5 Å². The summed E-state index contributed by atoms with van der Waals surface area (Å²) in [6.45, 7) is 0.453. The van der Waals surface area contributed by atoms with Crippen molar-refractivity contribution in [2.75, 3.05) is 13.7 Å². The summed E-state index contributed by atoms with van der Waals surface area (Å²) in [5, 5.41) is 12.6. The van der Waals surface area contributed by atoms with E-state index < -0.39 is 0 Å². The number of carbonyl (C=O) groups excluding carboxylic acids is 1. The summed E-state index contributed by atoms with van der Waals surface area (Å²) in [7, 11) is 1.63. The quantitative estimate of drug-likeness (QED) is 0.286. The molecule has 0 saturated carbocycles. The van der Waals surface area contributed by atoms with Crippen LogP contribution in [0.25, 0.3) is 5.69 Å². The maximum absolute atomic E-state index is 13.0. The predicted octanol–water partition coefficient (Wildman–Crippen LogP) is 3.98. The first-order valence-electron chi connectivity index (χ1n) is 10.2. The molecule has 4 rings (SSSR count). The van der Waals surface area contributed by atoms with Gasteiger partial charge in [0.25, 0.3) is 5.91 Å². The van der Waals surface area contributed by atoms with Crippen LogP contribution in [0.4, 0.5) is 0 Å². The minimum absolute atomic E-state index is 0.263. The number of benzene rings is 2. The topological polar surface area (TPSA) is 94.8 Å². The number of methoxy groups -OCH3 is 1. The molecule has 0 spiro atoms. The molecule has 0 unspecified atom stereocenters. The molecule has 1 N–H and O–H groups in total. The lowest BCUT2D eigenvalue weighted by molar-refractivity contribution is 0.0948. The van der Waals surface area contributed by atoms with Crippen molar-refractivity contribution in [3.63, 3.8) is 0 Å². The van der Waals surface area contributed by atoms with Crippen LogP contribution in [0.15, 0.2) is 72.1 Å². The van der Waals surface area contributed by atoms with Gasteiger partial charge in [0.15, 0.2) is 10.9 Å². The van der Waals surface area contributed by atoms with E-state index in [2.05, 4.69) is 25.6 Å². The van der Waals surface area contributed by atoms with Gasteiger partial charge in [0.1, 0.15) is 5.75 Å². The van der Waals surface area contributed by atoms with Crippen molar-refractivity contribution in [1.82, 2.24) is 30.3 Å². The Morgan fingerprint density at radius 2 is 1.91 bits per heavy atom. The molecule has 8 nitrogen and oxygen atoms in total. The molecule has 168 valence electrons. The van der Waals surface area contributed by atoms with E-state index in [1.807, 2.05) is 36.4 Å². The van der Waals surface area contributed by atoms with Crippen molar-refractivity contribution in [3.8, 4) is 11.4 Å². The van der Waals surface area contributed by atoms with Gasteiger partial charge in [-0.25, -0.2) is 14.6 Å². The van der Waals surface area contributed by atoms with Gasteiger partial charge in [0, 0.05) is 29.7 Å². The molecule has 0 radical (unpaired) electrons. The van der Waals surface area contributed by atoms with Crippen molar-refractivity contribution in [2.24, 2.45) is 0 Å². The van der Waals surface area contributed by atoms with Gasteiger partial charge in [-0.3, -0.25) is 4.79 Å². The highest BCUT2D eigenvalue weighted by atomic mass is 35.5. The van der Waals surface area contributed by atoms with Crippen LogP contribution in [0.2, 0.25) is 5.02 Å². The van der Waals surface area contributed by atoms with Crippen LogP contribution in [0, 0.1) is 0 Å². The van der Waals surface area contributed by atoms with E-state index in [4.69, 9.17) is 16.3 Å². The monoisotopic (exact) mass is 480 g/mol. The second kappa shape index (κ2) is 10.9.